The number of carbonyl (C=O) groups is 1. The summed E-state index contributed by atoms with van der Waals surface area (Å²) in [6.07, 6.45) is 1.73. The van der Waals surface area contributed by atoms with E-state index in [2.05, 4.69) is 9.71 Å². The molecule has 0 aliphatic rings. The Morgan fingerprint density at radius 1 is 1.24 bits per heavy atom. The van der Waals surface area contributed by atoms with Gasteiger partial charge in [0.2, 0.25) is 0 Å². The maximum atomic E-state index is 14.3. The third-order valence-electron chi connectivity index (χ3n) is 4.11. The van der Waals surface area contributed by atoms with Crippen LogP contribution in [0.3, 0.4) is 0 Å². The number of hydrogen-bond acceptors (Lipinski definition) is 6. The van der Waals surface area contributed by atoms with Crippen LogP contribution in [0.15, 0.2) is 42.5 Å². The predicted molar refractivity (Wildman–Crippen MR) is 111 cm³/mol. The number of hydrogen-bond donors (Lipinski definition) is 1. The zero-order valence-electron chi connectivity index (χ0n) is 15.6. The Balaban J connectivity index is 2.07. The zero-order valence-corrected chi connectivity index (χ0v) is 17.2. The summed E-state index contributed by atoms with van der Waals surface area (Å²) in [5.41, 5.74) is 1.20. The molecule has 1 amide bonds. The molecule has 5 nitrogen and oxygen atoms in total. The Kier molecular flexibility index (Phi) is 6.46. The summed E-state index contributed by atoms with van der Waals surface area (Å²) < 4.78 is 31.2. The Morgan fingerprint density at radius 3 is 2.48 bits per heavy atom. The monoisotopic (exact) mass is 430 g/mol. The van der Waals surface area contributed by atoms with E-state index in [0.29, 0.717) is 21.3 Å². The Hall–Kier alpha value is -2.96. The quantitative estimate of drug-likeness (QED) is 0.561. The van der Waals surface area contributed by atoms with E-state index in [-0.39, 0.29) is 23.7 Å². The van der Waals surface area contributed by atoms with E-state index in [9.17, 15) is 13.6 Å². The topological polar surface area (TPSA) is 69.0 Å². The van der Waals surface area contributed by atoms with Crippen LogP contribution in [-0.4, -0.2) is 17.1 Å². The van der Waals surface area contributed by atoms with Crippen LogP contribution in [0.25, 0.3) is 0 Å². The van der Waals surface area contributed by atoms with E-state index < -0.39 is 11.6 Å². The van der Waals surface area contributed by atoms with Gasteiger partial charge in [-0.05, 0) is 43.3 Å². The molecule has 3 aromatic rings. The molecule has 0 spiro atoms. The lowest BCUT2D eigenvalue weighted by Crippen LogP contribution is -2.20. The van der Waals surface area contributed by atoms with Crippen LogP contribution in [-0.2, 0) is 6.54 Å². The summed E-state index contributed by atoms with van der Waals surface area (Å²) in [6.45, 7) is 1.64. The molecule has 0 unspecified atom stereocenters. The van der Waals surface area contributed by atoms with Crippen molar-refractivity contribution in [3.63, 3.8) is 0 Å². The highest BCUT2D eigenvalue weighted by atomic mass is 32.2. The lowest BCUT2D eigenvalue weighted by atomic mass is 10.1. The van der Waals surface area contributed by atoms with E-state index in [1.165, 1.54) is 29.5 Å². The largest absolute Gasteiger partial charge is 0.313 e. The molecular weight excluding hydrogens is 414 g/mol. The van der Waals surface area contributed by atoms with Gasteiger partial charge in [0.25, 0.3) is 5.91 Å². The summed E-state index contributed by atoms with van der Waals surface area (Å²) >= 11 is 2.41. The van der Waals surface area contributed by atoms with E-state index in [1.54, 1.807) is 42.3 Å². The van der Waals surface area contributed by atoms with Gasteiger partial charge < -0.3 is 4.90 Å². The number of nitrogens with zero attached hydrogens (tertiary/aromatic N) is 3. The van der Waals surface area contributed by atoms with Crippen LogP contribution in [0.5, 0.6) is 0 Å². The number of nitrogens with one attached hydrogen (secondary N) is 1. The van der Waals surface area contributed by atoms with Gasteiger partial charge in [-0.25, -0.2) is 13.8 Å². The fraction of sp³-hybridized carbons (Fsp3) is 0.150. The van der Waals surface area contributed by atoms with Gasteiger partial charge in [0, 0.05) is 22.4 Å². The highest BCUT2D eigenvalue weighted by molar-refractivity contribution is 7.97. The summed E-state index contributed by atoms with van der Waals surface area (Å²) in [6, 6.07) is 12.3. The molecule has 0 radical (unpaired) electrons. The number of aromatic nitrogens is 1. The molecule has 1 heterocycles. The lowest BCUT2D eigenvalue weighted by Gasteiger charge is -2.22. The van der Waals surface area contributed by atoms with E-state index >= 15 is 0 Å². The number of aryl methyl sites for hydroxylation is 1. The van der Waals surface area contributed by atoms with E-state index in [0.717, 1.165) is 11.9 Å². The second-order valence-corrected chi connectivity index (χ2v) is 7.78. The summed E-state index contributed by atoms with van der Waals surface area (Å²) in [5.74, 6) is -1.68. The standard InChI is InChI=1S/C20H16F2N4OS2/c1-12-18(19(27)25-28-2)24-20(29-12)26(14-8-6-13(10-23)7-9-14)11-15-16(21)4-3-5-17(15)22/h3-9H,11H2,1-2H3,(H,25,27). The highest BCUT2D eigenvalue weighted by Gasteiger charge is 2.22. The van der Waals surface area contributed by atoms with Gasteiger partial charge in [-0.15, -0.1) is 11.3 Å². The number of nitriles is 1. The second kappa shape index (κ2) is 9.03. The smallest absolute Gasteiger partial charge is 0.280 e. The molecule has 29 heavy (non-hydrogen) atoms. The highest BCUT2D eigenvalue weighted by Crippen LogP contribution is 2.34. The molecular formula is C20H16F2N4OS2. The third kappa shape index (κ3) is 4.55. The van der Waals surface area contributed by atoms with E-state index in [1.807, 2.05) is 6.07 Å². The summed E-state index contributed by atoms with van der Waals surface area (Å²) in [7, 11) is 0. The van der Waals surface area contributed by atoms with Gasteiger partial charge in [-0.1, -0.05) is 18.0 Å². The van der Waals surface area contributed by atoms with Crippen molar-refractivity contribution in [1.82, 2.24) is 9.71 Å². The average molecular weight is 431 g/mol. The molecule has 1 N–H and O–H groups in total. The van der Waals surface area contributed by atoms with Crippen molar-refractivity contribution in [2.45, 2.75) is 13.5 Å². The van der Waals surface area contributed by atoms with Crippen LogP contribution in [0.4, 0.5) is 19.6 Å². The van der Waals surface area contributed by atoms with Crippen molar-refractivity contribution in [1.29, 1.82) is 5.26 Å². The molecule has 0 atom stereocenters. The number of rotatable bonds is 6. The SMILES string of the molecule is CSNC(=O)c1nc(N(Cc2c(F)cccc2F)c2ccc(C#N)cc2)sc1C. The average Bonchev–Trinajstić information content (AvgIpc) is 3.09. The van der Waals surface area contributed by atoms with Crippen LogP contribution >= 0.6 is 23.3 Å². The molecule has 0 saturated carbocycles. The number of anilines is 2. The first-order valence-electron chi connectivity index (χ1n) is 8.46. The molecule has 2 aromatic carbocycles. The van der Waals surface area contributed by atoms with Crippen LogP contribution in [0, 0.1) is 29.9 Å². The number of benzene rings is 2. The Morgan fingerprint density at radius 2 is 1.90 bits per heavy atom. The van der Waals surface area contributed by atoms with Gasteiger partial charge in [-0.3, -0.25) is 9.52 Å². The first kappa shape index (κ1) is 20.8. The zero-order chi connectivity index (χ0) is 21.0. The molecule has 3 rings (SSSR count). The minimum Gasteiger partial charge on any atom is -0.313 e. The molecule has 1 aromatic heterocycles. The van der Waals surface area contributed by atoms with Crippen LogP contribution in [0.1, 0.15) is 26.5 Å². The fourth-order valence-electron chi connectivity index (χ4n) is 2.68. The van der Waals surface area contributed by atoms with Crippen molar-refractivity contribution >= 4 is 40.0 Å². The predicted octanol–water partition coefficient (Wildman–Crippen LogP) is 4.95. The third-order valence-corrected chi connectivity index (χ3v) is 5.50. The minimum atomic E-state index is -0.669. The van der Waals surface area contributed by atoms with E-state index in [4.69, 9.17) is 5.26 Å². The Labute approximate surface area is 175 Å². The fourth-order valence-corrected chi connectivity index (χ4v) is 3.88. The van der Waals surface area contributed by atoms with Crippen molar-refractivity contribution in [2.24, 2.45) is 0 Å². The molecule has 0 aliphatic heterocycles. The van der Waals surface area contributed by atoms with Crippen molar-refractivity contribution in [3.8, 4) is 6.07 Å². The summed E-state index contributed by atoms with van der Waals surface area (Å²) in [4.78, 5) is 18.9. The molecule has 0 aliphatic carbocycles. The molecule has 148 valence electrons. The second-order valence-electron chi connectivity index (χ2n) is 5.98. The summed E-state index contributed by atoms with van der Waals surface area (Å²) in [5, 5.41) is 9.44. The maximum Gasteiger partial charge on any atom is 0.280 e. The molecule has 9 heteroatoms. The van der Waals surface area contributed by atoms with Crippen LogP contribution < -0.4 is 9.62 Å². The first-order chi connectivity index (χ1) is 13.9. The normalized spacial score (nSPS) is 10.4. The van der Waals surface area contributed by atoms with Crippen LogP contribution in [0.2, 0.25) is 0 Å². The molecule has 0 fully saturated rings. The maximum absolute atomic E-state index is 14.3. The number of amides is 1. The minimum absolute atomic E-state index is 0.111. The van der Waals surface area contributed by atoms with Gasteiger partial charge in [0.15, 0.2) is 5.13 Å². The molecule has 0 saturated heterocycles. The van der Waals surface area contributed by atoms with Gasteiger partial charge in [0.05, 0.1) is 18.2 Å². The van der Waals surface area contributed by atoms with Gasteiger partial charge >= 0.3 is 0 Å². The number of thiazole rings is 1. The van der Waals surface area contributed by atoms with Gasteiger partial charge in [0.1, 0.15) is 17.3 Å². The van der Waals surface area contributed by atoms with Gasteiger partial charge in [-0.2, -0.15) is 5.26 Å². The van der Waals surface area contributed by atoms with Crippen molar-refractivity contribution in [3.05, 3.63) is 75.8 Å². The molecule has 0 bridgehead atoms. The first-order valence-corrected chi connectivity index (χ1v) is 10.5. The lowest BCUT2D eigenvalue weighted by molar-refractivity contribution is 0.0980. The Bertz CT molecular complexity index is 1060. The van der Waals surface area contributed by atoms with Crippen molar-refractivity contribution < 1.29 is 13.6 Å². The number of halogens is 2. The van der Waals surface area contributed by atoms with Crippen molar-refractivity contribution in [2.75, 3.05) is 11.2 Å². The number of carbonyl (C=O) groups excluding carboxylic acids is 1.